The summed E-state index contributed by atoms with van der Waals surface area (Å²) in [6, 6.07) is 3.24. The van der Waals surface area contributed by atoms with Gasteiger partial charge < -0.3 is 11.1 Å². The predicted octanol–water partition coefficient (Wildman–Crippen LogP) is 2.97. The fourth-order valence-corrected chi connectivity index (χ4v) is 2.42. The number of nitrogens with one attached hydrogen (secondary N) is 1. The molecular formula is C13H16F3N3O. The highest BCUT2D eigenvalue weighted by atomic mass is 19.4. The minimum absolute atomic E-state index is 0.000707. The molecular weight excluding hydrogens is 271 g/mol. The molecule has 3 N–H and O–H groups in total. The summed E-state index contributed by atoms with van der Waals surface area (Å²) in [6.07, 6.45) is -2.19. The van der Waals surface area contributed by atoms with Crippen molar-refractivity contribution < 1.29 is 18.0 Å². The highest BCUT2D eigenvalue weighted by Gasteiger charge is 2.42. The number of rotatable bonds is 2. The molecule has 20 heavy (non-hydrogen) atoms. The Balaban J connectivity index is 1.91. The van der Waals surface area contributed by atoms with Gasteiger partial charge in [-0.2, -0.15) is 13.2 Å². The van der Waals surface area contributed by atoms with Crippen molar-refractivity contribution in [2.24, 2.45) is 11.8 Å². The summed E-state index contributed by atoms with van der Waals surface area (Å²) in [6.45, 7) is 0. The summed E-state index contributed by atoms with van der Waals surface area (Å²) >= 11 is 0. The third-order valence-corrected chi connectivity index (χ3v) is 3.64. The standard InChI is InChI=1S/C13H16F3N3O/c14-13(15,16)9-5-3-8(4-6-9)12(20)19-11-10(17)2-1-7-18-11/h1-2,7-9H,3-6,17H2,(H,18,19,20). The molecule has 0 radical (unpaired) electrons. The number of hydrogen-bond donors (Lipinski definition) is 2. The molecule has 1 aromatic rings. The Morgan fingerprint density at radius 1 is 1.30 bits per heavy atom. The van der Waals surface area contributed by atoms with Crippen LogP contribution in [0.15, 0.2) is 18.3 Å². The lowest BCUT2D eigenvalue weighted by Crippen LogP contribution is -2.32. The largest absolute Gasteiger partial charge is 0.396 e. The van der Waals surface area contributed by atoms with E-state index in [0.29, 0.717) is 5.69 Å². The van der Waals surface area contributed by atoms with Gasteiger partial charge in [0.2, 0.25) is 5.91 Å². The van der Waals surface area contributed by atoms with E-state index in [1.807, 2.05) is 0 Å². The monoisotopic (exact) mass is 287 g/mol. The van der Waals surface area contributed by atoms with E-state index in [1.165, 1.54) is 6.20 Å². The first kappa shape index (κ1) is 14.6. The number of hydrogen-bond acceptors (Lipinski definition) is 3. The second kappa shape index (κ2) is 5.68. The van der Waals surface area contributed by atoms with Gasteiger partial charge in [-0.3, -0.25) is 4.79 Å². The maximum Gasteiger partial charge on any atom is 0.391 e. The van der Waals surface area contributed by atoms with Crippen LogP contribution in [0.2, 0.25) is 0 Å². The summed E-state index contributed by atoms with van der Waals surface area (Å²) in [5, 5.41) is 2.58. The molecule has 0 atom stereocenters. The fraction of sp³-hybridized carbons (Fsp3) is 0.538. The van der Waals surface area contributed by atoms with Crippen LogP contribution < -0.4 is 11.1 Å². The zero-order chi connectivity index (χ0) is 14.8. The van der Waals surface area contributed by atoms with E-state index < -0.39 is 18.0 Å². The molecule has 0 unspecified atom stereocenters. The first-order chi connectivity index (χ1) is 9.38. The van der Waals surface area contributed by atoms with Crippen molar-refractivity contribution in [2.75, 3.05) is 11.1 Å². The summed E-state index contributed by atoms with van der Waals surface area (Å²) in [5.41, 5.74) is 5.99. The van der Waals surface area contributed by atoms with Crippen molar-refractivity contribution in [2.45, 2.75) is 31.9 Å². The average molecular weight is 287 g/mol. The summed E-state index contributed by atoms with van der Waals surface area (Å²) in [4.78, 5) is 15.9. The van der Waals surface area contributed by atoms with E-state index in [9.17, 15) is 18.0 Å². The Morgan fingerprint density at radius 2 is 1.95 bits per heavy atom. The topological polar surface area (TPSA) is 68.0 Å². The number of nitrogens with two attached hydrogens (primary N) is 1. The quantitative estimate of drug-likeness (QED) is 0.878. The number of nitrogens with zero attached hydrogens (tertiary/aromatic N) is 1. The first-order valence-corrected chi connectivity index (χ1v) is 6.46. The molecule has 0 aromatic carbocycles. The second-order valence-corrected chi connectivity index (χ2v) is 5.02. The van der Waals surface area contributed by atoms with Crippen molar-refractivity contribution in [3.05, 3.63) is 18.3 Å². The van der Waals surface area contributed by atoms with Crippen molar-refractivity contribution >= 4 is 17.4 Å². The minimum Gasteiger partial charge on any atom is -0.396 e. The van der Waals surface area contributed by atoms with Crippen LogP contribution in [-0.4, -0.2) is 17.1 Å². The zero-order valence-corrected chi connectivity index (χ0v) is 10.8. The summed E-state index contributed by atoms with van der Waals surface area (Å²) in [5.74, 6) is -1.74. The number of carbonyl (C=O) groups excluding carboxylic acids is 1. The highest BCUT2D eigenvalue weighted by Crippen LogP contribution is 2.39. The van der Waals surface area contributed by atoms with E-state index in [1.54, 1.807) is 12.1 Å². The number of anilines is 2. The number of pyridine rings is 1. The maximum absolute atomic E-state index is 12.5. The van der Waals surface area contributed by atoms with Crippen molar-refractivity contribution in [1.29, 1.82) is 0 Å². The van der Waals surface area contributed by atoms with Gasteiger partial charge in [0, 0.05) is 12.1 Å². The van der Waals surface area contributed by atoms with Gasteiger partial charge in [0.1, 0.15) is 0 Å². The summed E-state index contributed by atoms with van der Waals surface area (Å²) in [7, 11) is 0. The van der Waals surface area contributed by atoms with Crippen molar-refractivity contribution in [1.82, 2.24) is 4.98 Å². The van der Waals surface area contributed by atoms with Gasteiger partial charge in [-0.05, 0) is 37.8 Å². The molecule has 0 saturated heterocycles. The molecule has 1 fully saturated rings. The van der Waals surface area contributed by atoms with Crippen LogP contribution in [0.5, 0.6) is 0 Å². The Morgan fingerprint density at radius 3 is 2.50 bits per heavy atom. The van der Waals surface area contributed by atoms with Crippen molar-refractivity contribution in [3.8, 4) is 0 Å². The molecule has 1 aliphatic carbocycles. The third-order valence-electron chi connectivity index (χ3n) is 3.64. The third kappa shape index (κ3) is 3.40. The van der Waals surface area contributed by atoms with E-state index in [4.69, 9.17) is 5.73 Å². The lowest BCUT2D eigenvalue weighted by atomic mass is 9.81. The van der Waals surface area contributed by atoms with E-state index >= 15 is 0 Å². The van der Waals surface area contributed by atoms with Crippen LogP contribution in [0, 0.1) is 11.8 Å². The Hall–Kier alpha value is -1.79. The number of alkyl halides is 3. The maximum atomic E-state index is 12.5. The summed E-state index contributed by atoms with van der Waals surface area (Å²) < 4.78 is 37.6. The molecule has 110 valence electrons. The Kier molecular flexibility index (Phi) is 4.15. The second-order valence-electron chi connectivity index (χ2n) is 5.02. The predicted molar refractivity (Wildman–Crippen MR) is 68.8 cm³/mol. The molecule has 1 amide bonds. The molecule has 1 aromatic heterocycles. The van der Waals surface area contributed by atoms with Gasteiger partial charge >= 0.3 is 6.18 Å². The molecule has 2 rings (SSSR count). The molecule has 1 heterocycles. The van der Waals surface area contributed by atoms with Gasteiger partial charge in [-0.15, -0.1) is 0 Å². The molecule has 0 bridgehead atoms. The van der Waals surface area contributed by atoms with Gasteiger partial charge in [0.25, 0.3) is 0 Å². The molecule has 0 aliphatic heterocycles. The molecule has 7 heteroatoms. The normalized spacial score (nSPS) is 23.4. The number of nitrogen functional groups attached to an aromatic ring is 1. The number of carbonyl (C=O) groups is 1. The van der Waals surface area contributed by atoms with Gasteiger partial charge in [0.05, 0.1) is 11.6 Å². The average Bonchev–Trinajstić information content (AvgIpc) is 2.40. The molecule has 4 nitrogen and oxygen atoms in total. The van der Waals surface area contributed by atoms with Crippen LogP contribution in [0.4, 0.5) is 24.7 Å². The van der Waals surface area contributed by atoms with Gasteiger partial charge in [-0.1, -0.05) is 0 Å². The number of amides is 1. The number of aromatic nitrogens is 1. The Bertz CT molecular complexity index is 482. The smallest absolute Gasteiger partial charge is 0.391 e. The van der Waals surface area contributed by atoms with Crippen molar-refractivity contribution in [3.63, 3.8) is 0 Å². The van der Waals surface area contributed by atoms with Crippen LogP contribution in [-0.2, 0) is 4.79 Å². The van der Waals surface area contributed by atoms with E-state index in [0.717, 1.165) is 0 Å². The van der Waals surface area contributed by atoms with Crippen LogP contribution >= 0.6 is 0 Å². The van der Waals surface area contributed by atoms with E-state index in [2.05, 4.69) is 10.3 Å². The Labute approximate surface area is 114 Å². The van der Waals surface area contributed by atoms with Gasteiger partial charge in [0.15, 0.2) is 5.82 Å². The fourth-order valence-electron chi connectivity index (χ4n) is 2.42. The van der Waals surface area contributed by atoms with Gasteiger partial charge in [-0.25, -0.2) is 4.98 Å². The number of halogens is 3. The first-order valence-electron chi connectivity index (χ1n) is 6.46. The lowest BCUT2D eigenvalue weighted by molar-refractivity contribution is -0.184. The van der Waals surface area contributed by atoms with E-state index in [-0.39, 0.29) is 37.4 Å². The molecule has 1 aliphatic rings. The van der Waals surface area contributed by atoms with Crippen LogP contribution in [0.1, 0.15) is 25.7 Å². The van der Waals surface area contributed by atoms with Crippen LogP contribution in [0.3, 0.4) is 0 Å². The molecule has 0 spiro atoms. The zero-order valence-electron chi connectivity index (χ0n) is 10.8. The highest BCUT2D eigenvalue weighted by molar-refractivity contribution is 5.94. The minimum atomic E-state index is -4.16. The lowest BCUT2D eigenvalue weighted by Gasteiger charge is -2.29. The SMILES string of the molecule is Nc1cccnc1NC(=O)C1CCC(C(F)(F)F)CC1. The molecule has 1 saturated carbocycles. The van der Waals surface area contributed by atoms with Crippen LogP contribution in [0.25, 0.3) is 0 Å².